The average molecular weight is 423 g/mol. The van der Waals surface area contributed by atoms with Crippen molar-refractivity contribution in [1.29, 1.82) is 0 Å². The Morgan fingerprint density at radius 2 is 1.16 bits per heavy atom. The number of azo groups is 2. The van der Waals surface area contributed by atoms with Crippen LogP contribution in [0.4, 0.5) is 37.2 Å². The summed E-state index contributed by atoms with van der Waals surface area (Å²) < 4.78 is 32.4. The largest absolute Gasteiger partial charge is 0.494 e. The van der Waals surface area contributed by atoms with Crippen LogP contribution in [0.5, 0.6) is 5.75 Å². The van der Waals surface area contributed by atoms with E-state index < -0.39 is 11.6 Å². The van der Waals surface area contributed by atoms with E-state index in [4.69, 9.17) is 4.74 Å². The predicted molar refractivity (Wildman–Crippen MR) is 118 cm³/mol. The van der Waals surface area contributed by atoms with E-state index in [0.29, 0.717) is 11.4 Å². The molecule has 3 aromatic carbocycles. The lowest BCUT2D eigenvalue weighted by atomic mass is 10.2. The summed E-state index contributed by atoms with van der Waals surface area (Å²) in [6.45, 7) is 6.13. The van der Waals surface area contributed by atoms with Gasteiger partial charge in [-0.3, -0.25) is 0 Å². The maximum atomic E-state index is 13.9. The minimum absolute atomic E-state index is 0.186. The number of hydrogen-bond acceptors (Lipinski definition) is 6. The van der Waals surface area contributed by atoms with E-state index in [1.807, 2.05) is 24.3 Å². The van der Waals surface area contributed by atoms with Crippen molar-refractivity contribution in [3.05, 3.63) is 72.3 Å². The molecule has 0 aliphatic heterocycles. The normalized spacial score (nSPS) is 11.4. The van der Waals surface area contributed by atoms with E-state index in [1.54, 1.807) is 24.3 Å². The number of anilines is 1. The molecule has 0 radical (unpaired) electrons. The van der Waals surface area contributed by atoms with Crippen LogP contribution in [-0.2, 0) is 0 Å². The topological polar surface area (TPSA) is 61.9 Å². The van der Waals surface area contributed by atoms with Gasteiger partial charge in [-0.1, -0.05) is 0 Å². The Morgan fingerprint density at radius 1 is 0.677 bits per heavy atom. The van der Waals surface area contributed by atoms with E-state index in [0.717, 1.165) is 24.5 Å². The van der Waals surface area contributed by atoms with Crippen LogP contribution in [0, 0.1) is 11.6 Å². The third kappa shape index (κ3) is 5.48. The molecular weight excluding hydrogens is 400 g/mol. The van der Waals surface area contributed by atoms with E-state index in [9.17, 15) is 8.78 Å². The first-order chi connectivity index (χ1) is 15.0. The first kappa shape index (κ1) is 22.0. The van der Waals surface area contributed by atoms with Gasteiger partial charge in [0.1, 0.15) is 5.69 Å². The molecule has 0 heterocycles. The molecular formula is C23H23F2N5O. The molecule has 0 fully saturated rings. The second kappa shape index (κ2) is 10.4. The van der Waals surface area contributed by atoms with Crippen molar-refractivity contribution in [2.24, 2.45) is 20.5 Å². The maximum Gasteiger partial charge on any atom is 0.202 e. The number of benzene rings is 3. The molecule has 31 heavy (non-hydrogen) atoms. The van der Waals surface area contributed by atoms with Crippen LogP contribution in [0.15, 0.2) is 81.1 Å². The summed E-state index contributed by atoms with van der Waals surface area (Å²) in [5.41, 5.74) is 2.78. The average Bonchev–Trinajstić information content (AvgIpc) is 2.81. The molecule has 8 heteroatoms. The second-order valence-electron chi connectivity index (χ2n) is 6.52. The fourth-order valence-electron chi connectivity index (χ4n) is 2.89. The summed E-state index contributed by atoms with van der Waals surface area (Å²) in [6.07, 6.45) is 0. The van der Waals surface area contributed by atoms with Gasteiger partial charge in [-0.15, -0.1) is 5.11 Å². The molecule has 0 unspecified atom stereocenters. The lowest BCUT2D eigenvalue weighted by molar-refractivity contribution is 0.372. The fraction of sp³-hybridized carbons (Fsp3) is 0.217. The maximum absolute atomic E-state index is 13.9. The van der Waals surface area contributed by atoms with Gasteiger partial charge in [-0.05, 0) is 74.5 Å². The summed E-state index contributed by atoms with van der Waals surface area (Å²) in [5, 5.41) is 16.2. The Balaban J connectivity index is 1.66. The monoisotopic (exact) mass is 423 g/mol. The fourth-order valence-corrected chi connectivity index (χ4v) is 2.89. The molecule has 0 aromatic heterocycles. The third-order valence-corrected chi connectivity index (χ3v) is 4.63. The van der Waals surface area contributed by atoms with E-state index in [-0.39, 0.29) is 11.4 Å². The Kier molecular flexibility index (Phi) is 7.37. The minimum Gasteiger partial charge on any atom is -0.494 e. The highest BCUT2D eigenvalue weighted by Crippen LogP contribution is 2.29. The second-order valence-corrected chi connectivity index (χ2v) is 6.52. The van der Waals surface area contributed by atoms with E-state index >= 15 is 0 Å². The summed E-state index contributed by atoms with van der Waals surface area (Å²) in [6, 6.07) is 17.2. The minimum atomic E-state index is -1.11. The molecule has 0 atom stereocenters. The zero-order valence-electron chi connectivity index (χ0n) is 17.6. The first-order valence-corrected chi connectivity index (χ1v) is 9.86. The highest BCUT2D eigenvalue weighted by atomic mass is 19.2. The number of methoxy groups -OCH3 is 1. The standard InChI is InChI=1S/C23H23F2N5O/c1-4-30(5-2)19-12-10-18(11-13-19)27-26-16-6-8-17(9-7-16)28-29-20-14-15-21(31-3)23(25)22(20)24/h6-15H,4-5H2,1-3H3. The van der Waals surface area contributed by atoms with Gasteiger partial charge in [0.2, 0.25) is 5.82 Å². The van der Waals surface area contributed by atoms with E-state index in [2.05, 4.69) is 39.2 Å². The molecule has 3 rings (SSSR count). The van der Waals surface area contributed by atoms with Crippen LogP contribution in [0.2, 0.25) is 0 Å². The van der Waals surface area contributed by atoms with Crippen LogP contribution in [-0.4, -0.2) is 20.2 Å². The Morgan fingerprint density at radius 3 is 1.65 bits per heavy atom. The van der Waals surface area contributed by atoms with Gasteiger partial charge < -0.3 is 9.64 Å². The molecule has 0 amide bonds. The van der Waals surface area contributed by atoms with Crippen molar-refractivity contribution < 1.29 is 13.5 Å². The Bertz CT molecular complexity index is 1060. The molecule has 0 saturated carbocycles. The highest BCUT2D eigenvalue weighted by molar-refractivity contribution is 5.53. The Labute approximate surface area is 179 Å². The summed E-state index contributed by atoms with van der Waals surface area (Å²) in [5.74, 6) is -2.39. The number of rotatable bonds is 8. The summed E-state index contributed by atoms with van der Waals surface area (Å²) in [7, 11) is 1.26. The molecule has 0 bridgehead atoms. The van der Waals surface area contributed by atoms with Crippen molar-refractivity contribution in [1.82, 2.24) is 0 Å². The molecule has 0 aliphatic carbocycles. The zero-order chi connectivity index (χ0) is 22.2. The molecule has 0 spiro atoms. The quantitative estimate of drug-likeness (QED) is 0.349. The lowest BCUT2D eigenvalue weighted by Gasteiger charge is -2.20. The molecule has 0 N–H and O–H groups in total. The summed E-state index contributed by atoms with van der Waals surface area (Å²) in [4.78, 5) is 2.25. The van der Waals surface area contributed by atoms with E-state index in [1.165, 1.54) is 19.2 Å². The number of nitrogens with zero attached hydrogens (tertiary/aromatic N) is 5. The lowest BCUT2D eigenvalue weighted by Crippen LogP contribution is -2.21. The molecule has 0 saturated heterocycles. The van der Waals surface area contributed by atoms with Crippen LogP contribution < -0.4 is 9.64 Å². The first-order valence-electron chi connectivity index (χ1n) is 9.86. The summed E-state index contributed by atoms with van der Waals surface area (Å²) >= 11 is 0. The number of halogens is 2. The van der Waals surface area contributed by atoms with Crippen LogP contribution >= 0.6 is 0 Å². The smallest absolute Gasteiger partial charge is 0.202 e. The van der Waals surface area contributed by atoms with Gasteiger partial charge in [-0.25, -0.2) is 4.39 Å². The number of hydrogen-bond donors (Lipinski definition) is 0. The highest BCUT2D eigenvalue weighted by Gasteiger charge is 2.13. The van der Waals surface area contributed by atoms with Crippen LogP contribution in [0.25, 0.3) is 0 Å². The van der Waals surface area contributed by atoms with Crippen molar-refractivity contribution >= 4 is 28.4 Å². The van der Waals surface area contributed by atoms with Gasteiger partial charge in [0.15, 0.2) is 11.6 Å². The molecule has 0 aliphatic rings. The van der Waals surface area contributed by atoms with Gasteiger partial charge >= 0.3 is 0 Å². The van der Waals surface area contributed by atoms with Gasteiger partial charge in [-0.2, -0.15) is 19.7 Å². The van der Waals surface area contributed by atoms with Crippen molar-refractivity contribution in [3.63, 3.8) is 0 Å². The van der Waals surface area contributed by atoms with Crippen molar-refractivity contribution in [2.75, 3.05) is 25.1 Å². The zero-order valence-corrected chi connectivity index (χ0v) is 17.6. The molecule has 3 aromatic rings. The van der Waals surface area contributed by atoms with Crippen molar-refractivity contribution in [3.8, 4) is 5.75 Å². The molecule has 160 valence electrons. The SMILES string of the molecule is CCN(CC)c1ccc(N=Nc2ccc(N=Nc3ccc(OC)c(F)c3F)cc2)cc1. The third-order valence-electron chi connectivity index (χ3n) is 4.63. The Hall–Kier alpha value is -3.68. The van der Waals surface area contributed by atoms with Gasteiger partial charge in [0, 0.05) is 18.8 Å². The molecule has 6 nitrogen and oxygen atoms in total. The number of ether oxygens (including phenoxy) is 1. The van der Waals surface area contributed by atoms with Gasteiger partial charge in [0.25, 0.3) is 0 Å². The van der Waals surface area contributed by atoms with Gasteiger partial charge in [0.05, 0.1) is 24.2 Å². The van der Waals surface area contributed by atoms with Crippen LogP contribution in [0.3, 0.4) is 0 Å². The predicted octanol–water partition coefficient (Wildman–Crippen LogP) is 7.65. The van der Waals surface area contributed by atoms with Crippen molar-refractivity contribution in [2.45, 2.75) is 13.8 Å². The van der Waals surface area contributed by atoms with Crippen LogP contribution in [0.1, 0.15) is 13.8 Å².